The normalized spacial score (nSPS) is 16.7. The third-order valence-corrected chi connectivity index (χ3v) is 6.81. The monoisotopic (exact) mass is 457 g/mol. The molecule has 4 aromatic heterocycles. The quantitative estimate of drug-likeness (QED) is 0.403. The van der Waals surface area contributed by atoms with Crippen molar-refractivity contribution in [3.05, 3.63) is 61.2 Å². The Hall–Kier alpha value is -3.43. The molecule has 0 radical (unpaired) electrons. The number of hydrogen-bond donors (Lipinski definition) is 0. The number of pyridine rings is 2. The fourth-order valence-corrected chi connectivity index (χ4v) is 5.03. The summed E-state index contributed by atoms with van der Waals surface area (Å²) in [5, 5.41) is 15.0. The van der Waals surface area contributed by atoms with Crippen LogP contribution in [0.5, 0.6) is 0 Å². The zero-order valence-electron chi connectivity index (χ0n) is 18.4. The molecular weight excluding hydrogens is 434 g/mol. The molecule has 1 aliphatic heterocycles. The van der Waals surface area contributed by atoms with Crippen molar-refractivity contribution < 1.29 is 4.74 Å². The van der Waals surface area contributed by atoms with E-state index >= 15 is 0 Å². The number of benzene rings is 1. The van der Waals surface area contributed by atoms with E-state index in [1.165, 1.54) is 0 Å². The molecule has 0 saturated carbocycles. The van der Waals surface area contributed by atoms with Gasteiger partial charge in [-0.3, -0.25) is 14.1 Å². The number of ether oxygens (including phenoxy) is 1. The maximum Gasteiger partial charge on any atom is 0.200 e. The van der Waals surface area contributed by atoms with Gasteiger partial charge >= 0.3 is 0 Å². The molecule has 6 rings (SSSR count). The Bertz CT molecular complexity index is 1460. The Kier molecular flexibility index (Phi) is 5.00. The summed E-state index contributed by atoms with van der Waals surface area (Å²) in [7, 11) is 1.92. The van der Waals surface area contributed by atoms with Crippen molar-refractivity contribution in [2.24, 2.45) is 7.05 Å². The van der Waals surface area contributed by atoms with E-state index in [9.17, 15) is 0 Å². The Balaban J connectivity index is 1.32. The highest BCUT2D eigenvalue weighted by atomic mass is 32.2. The first-order valence-electron chi connectivity index (χ1n) is 10.9. The summed E-state index contributed by atoms with van der Waals surface area (Å²) in [6.07, 6.45) is 8.12. The third-order valence-electron chi connectivity index (χ3n) is 5.86. The average molecular weight is 458 g/mol. The van der Waals surface area contributed by atoms with Crippen LogP contribution in [0.4, 0.5) is 5.69 Å². The van der Waals surface area contributed by atoms with Crippen LogP contribution in [0.15, 0.2) is 71.2 Å². The predicted octanol–water partition coefficient (Wildman–Crippen LogP) is 4.05. The first-order valence-corrected chi connectivity index (χ1v) is 11.7. The minimum Gasteiger partial charge on any atom is -0.375 e. The van der Waals surface area contributed by atoms with Crippen LogP contribution in [-0.4, -0.2) is 55.2 Å². The van der Waals surface area contributed by atoms with E-state index in [4.69, 9.17) is 4.74 Å². The SMILES string of the molecule is C[C@H]1CN(c2cnc3ccc(Sc4nnc5ccc(-c6cnn(C)c6)cn45)cc3c2)CCO1. The van der Waals surface area contributed by atoms with Gasteiger partial charge in [0.15, 0.2) is 10.8 Å². The second-order valence-electron chi connectivity index (χ2n) is 8.31. The number of rotatable bonds is 4. The molecule has 9 heteroatoms. The minimum absolute atomic E-state index is 0.231. The molecule has 1 saturated heterocycles. The van der Waals surface area contributed by atoms with E-state index in [-0.39, 0.29) is 6.10 Å². The van der Waals surface area contributed by atoms with Gasteiger partial charge < -0.3 is 9.64 Å². The highest BCUT2D eigenvalue weighted by Crippen LogP contribution is 2.31. The third kappa shape index (κ3) is 3.94. The van der Waals surface area contributed by atoms with Crippen LogP contribution in [0.3, 0.4) is 0 Å². The van der Waals surface area contributed by atoms with Crippen LogP contribution in [0.2, 0.25) is 0 Å². The molecule has 8 nitrogen and oxygen atoms in total. The molecule has 0 aliphatic carbocycles. The molecule has 0 bridgehead atoms. The van der Waals surface area contributed by atoms with Crippen LogP contribution in [0.1, 0.15) is 6.92 Å². The fraction of sp³-hybridized carbons (Fsp3) is 0.250. The van der Waals surface area contributed by atoms with Crippen LogP contribution >= 0.6 is 11.8 Å². The van der Waals surface area contributed by atoms with Crippen LogP contribution in [0, 0.1) is 0 Å². The van der Waals surface area contributed by atoms with Crippen molar-refractivity contribution in [1.29, 1.82) is 0 Å². The Morgan fingerprint density at radius 2 is 1.97 bits per heavy atom. The molecule has 0 spiro atoms. The molecule has 5 aromatic rings. The lowest BCUT2D eigenvalue weighted by molar-refractivity contribution is 0.0532. The number of aromatic nitrogens is 6. The number of hydrogen-bond acceptors (Lipinski definition) is 7. The van der Waals surface area contributed by atoms with Crippen molar-refractivity contribution in [1.82, 2.24) is 29.4 Å². The number of morpholine rings is 1. The Labute approximate surface area is 195 Å². The van der Waals surface area contributed by atoms with Gasteiger partial charge in [-0.2, -0.15) is 5.10 Å². The van der Waals surface area contributed by atoms with E-state index < -0.39 is 0 Å². The summed E-state index contributed by atoms with van der Waals surface area (Å²) < 4.78 is 9.51. The standard InChI is InChI=1S/C24H23N7OS/c1-16-13-30(7-8-32-16)20-9-18-10-21(4-5-22(18)25-12-20)33-24-28-27-23-6-3-17(15-31(23)24)19-11-26-29(2)14-19/h3-6,9-12,14-16H,7-8,13H2,1-2H3/t16-/m0/s1. The summed E-state index contributed by atoms with van der Waals surface area (Å²) in [6, 6.07) is 12.6. The van der Waals surface area contributed by atoms with Gasteiger partial charge in [0.1, 0.15) is 0 Å². The lowest BCUT2D eigenvalue weighted by Gasteiger charge is -2.32. The van der Waals surface area contributed by atoms with Gasteiger partial charge in [-0.25, -0.2) is 0 Å². The van der Waals surface area contributed by atoms with Gasteiger partial charge in [0, 0.05) is 53.9 Å². The topological polar surface area (TPSA) is 73.4 Å². The molecule has 0 N–H and O–H groups in total. The molecule has 166 valence electrons. The molecule has 5 heterocycles. The molecular formula is C24H23N7OS. The average Bonchev–Trinajstić information content (AvgIpc) is 3.44. The van der Waals surface area contributed by atoms with Crippen molar-refractivity contribution in [2.75, 3.05) is 24.6 Å². The van der Waals surface area contributed by atoms with Crippen molar-refractivity contribution in [3.8, 4) is 11.1 Å². The largest absolute Gasteiger partial charge is 0.375 e. The molecule has 1 fully saturated rings. The van der Waals surface area contributed by atoms with Gasteiger partial charge in [0.25, 0.3) is 0 Å². The van der Waals surface area contributed by atoms with Gasteiger partial charge in [-0.05, 0) is 55.1 Å². The summed E-state index contributed by atoms with van der Waals surface area (Å²) in [6.45, 7) is 4.62. The number of fused-ring (bicyclic) bond motifs is 2. The second-order valence-corrected chi connectivity index (χ2v) is 9.35. The summed E-state index contributed by atoms with van der Waals surface area (Å²) in [4.78, 5) is 8.12. The summed E-state index contributed by atoms with van der Waals surface area (Å²) in [5.74, 6) is 0. The number of anilines is 1. The smallest absolute Gasteiger partial charge is 0.200 e. The molecule has 1 aliphatic rings. The van der Waals surface area contributed by atoms with Crippen LogP contribution in [0.25, 0.3) is 27.7 Å². The van der Waals surface area contributed by atoms with E-state index in [2.05, 4.69) is 62.6 Å². The maximum atomic E-state index is 5.68. The molecule has 0 unspecified atom stereocenters. The lowest BCUT2D eigenvalue weighted by atomic mass is 10.2. The Morgan fingerprint density at radius 3 is 2.82 bits per heavy atom. The zero-order valence-corrected chi connectivity index (χ0v) is 19.2. The highest BCUT2D eigenvalue weighted by molar-refractivity contribution is 7.99. The predicted molar refractivity (Wildman–Crippen MR) is 129 cm³/mol. The van der Waals surface area contributed by atoms with Crippen molar-refractivity contribution in [2.45, 2.75) is 23.1 Å². The van der Waals surface area contributed by atoms with Crippen molar-refractivity contribution in [3.63, 3.8) is 0 Å². The second kappa shape index (κ2) is 8.17. The van der Waals surface area contributed by atoms with Gasteiger partial charge in [-0.15, -0.1) is 10.2 Å². The first-order chi connectivity index (χ1) is 16.1. The van der Waals surface area contributed by atoms with E-state index in [1.807, 2.05) is 42.2 Å². The number of aryl methyl sites for hydroxylation is 1. The minimum atomic E-state index is 0.231. The Morgan fingerprint density at radius 1 is 1.03 bits per heavy atom. The highest BCUT2D eigenvalue weighted by Gasteiger charge is 2.18. The maximum absolute atomic E-state index is 5.68. The molecule has 0 amide bonds. The zero-order chi connectivity index (χ0) is 22.4. The molecule has 33 heavy (non-hydrogen) atoms. The summed E-state index contributed by atoms with van der Waals surface area (Å²) >= 11 is 1.60. The lowest BCUT2D eigenvalue weighted by Crippen LogP contribution is -2.41. The van der Waals surface area contributed by atoms with E-state index in [0.717, 1.165) is 63.1 Å². The fourth-order valence-electron chi connectivity index (χ4n) is 4.17. The van der Waals surface area contributed by atoms with Gasteiger partial charge in [-0.1, -0.05) is 0 Å². The van der Waals surface area contributed by atoms with E-state index in [1.54, 1.807) is 16.4 Å². The van der Waals surface area contributed by atoms with Crippen LogP contribution < -0.4 is 4.90 Å². The molecule has 1 atom stereocenters. The molecule has 1 aromatic carbocycles. The summed E-state index contributed by atoms with van der Waals surface area (Å²) in [5.41, 5.74) is 5.06. The number of nitrogens with zero attached hydrogens (tertiary/aromatic N) is 7. The van der Waals surface area contributed by atoms with Gasteiger partial charge in [0.2, 0.25) is 0 Å². The first kappa shape index (κ1) is 20.2. The van der Waals surface area contributed by atoms with Gasteiger partial charge in [0.05, 0.1) is 36.3 Å². The van der Waals surface area contributed by atoms with E-state index in [0.29, 0.717) is 0 Å². The van der Waals surface area contributed by atoms with Crippen LogP contribution in [-0.2, 0) is 11.8 Å². The van der Waals surface area contributed by atoms with Crippen molar-refractivity contribution >= 4 is 34.0 Å².